The number of nitrogens with zero attached hydrogens (tertiary/aromatic N) is 5. The van der Waals surface area contributed by atoms with E-state index < -0.39 is 0 Å². The van der Waals surface area contributed by atoms with E-state index in [4.69, 9.17) is 4.74 Å². The molecule has 25 heavy (non-hydrogen) atoms. The van der Waals surface area contributed by atoms with Crippen LogP contribution in [0.5, 0.6) is 0 Å². The molecule has 0 saturated carbocycles. The average molecular weight is 343 g/mol. The monoisotopic (exact) mass is 343 g/mol. The van der Waals surface area contributed by atoms with Crippen molar-refractivity contribution in [2.24, 2.45) is 13.0 Å². The number of aromatic nitrogens is 3. The fraction of sp³-hybridized carbons (Fsp3) is 0.611. The lowest BCUT2D eigenvalue weighted by Crippen LogP contribution is -2.44. The Morgan fingerprint density at radius 1 is 1.20 bits per heavy atom. The molecule has 7 heteroatoms. The van der Waals surface area contributed by atoms with Gasteiger partial charge < -0.3 is 9.64 Å². The molecule has 2 saturated heterocycles. The van der Waals surface area contributed by atoms with E-state index in [1.165, 1.54) is 0 Å². The lowest BCUT2D eigenvalue weighted by atomic mass is 10.1. The molecule has 2 aromatic heterocycles. The van der Waals surface area contributed by atoms with Gasteiger partial charge in [0.2, 0.25) is 0 Å². The van der Waals surface area contributed by atoms with Crippen molar-refractivity contribution >= 4 is 16.9 Å². The summed E-state index contributed by atoms with van der Waals surface area (Å²) in [5.74, 6) is 0.439. The van der Waals surface area contributed by atoms with Crippen molar-refractivity contribution in [3.63, 3.8) is 0 Å². The SMILES string of the molecule is Cc1cc(C(=O)N2C[C@@H]3COC[C@H](C2)N(C)C3)c2c(C)nn(C)c2n1. The molecule has 0 aromatic carbocycles. The van der Waals surface area contributed by atoms with Gasteiger partial charge in [0.15, 0.2) is 5.65 Å². The van der Waals surface area contributed by atoms with Crippen LogP contribution in [0.3, 0.4) is 0 Å². The van der Waals surface area contributed by atoms with Gasteiger partial charge in [0.25, 0.3) is 5.91 Å². The first kappa shape index (κ1) is 16.5. The Morgan fingerprint density at radius 2 is 2.00 bits per heavy atom. The number of carbonyl (C=O) groups excluding carboxylic acids is 1. The summed E-state index contributed by atoms with van der Waals surface area (Å²) in [6, 6.07) is 2.16. The van der Waals surface area contributed by atoms with E-state index in [-0.39, 0.29) is 11.9 Å². The zero-order chi connectivity index (χ0) is 17.7. The highest BCUT2D eigenvalue weighted by Crippen LogP contribution is 2.25. The highest BCUT2D eigenvalue weighted by molar-refractivity contribution is 6.06. The van der Waals surface area contributed by atoms with Crippen molar-refractivity contribution in [2.75, 3.05) is 39.9 Å². The van der Waals surface area contributed by atoms with Crippen LogP contribution in [0.4, 0.5) is 0 Å². The van der Waals surface area contributed by atoms with E-state index >= 15 is 0 Å². The van der Waals surface area contributed by atoms with Gasteiger partial charge in [-0.15, -0.1) is 0 Å². The number of fused-ring (bicyclic) bond motifs is 4. The maximum absolute atomic E-state index is 13.4. The number of aryl methyl sites for hydroxylation is 3. The van der Waals surface area contributed by atoms with E-state index in [0.29, 0.717) is 19.1 Å². The third-order valence-corrected chi connectivity index (χ3v) is 5.36. The lowest BCUT2D eigenvalue weighted by molar-refractivity contribution is 0.0435. The molecule has 0 N–H and O–H groups in total. The minimum atomic E-state index is 0.0822. The van der Waals surface area contributed by atoms with Crippen LogP contribution >= 0.6 is 0 Å². The highest BCUT2D eigenvalue weighted by Gasteiger charge is 2.34. The summed E-state index contributed by atoms with van der Waals surface area (Å²) in [7, 11) is 4.00. The van der Waals surface area contributed by atoms with Gasteiger partial charge in [-0.05, 0) is 27.0 Å². The molecule has 7 nitrogen and oxygen atoms in total. The quantitative estimate of drug-likeness (QED) is 0.773. The number of ether oxygens (including phenoxy) is 1. The normalized spacial score (nSPS) is 24.6. The van der Waals surface area contributed by atoms with Crippen LogP contribution in [0.2, 0.25) is 0 Å². The molecular formula is C18H25N5O2. The standard InChI is InChI=1S/C18H25N5O2/c1-11-5-15(16-12(2)20-22(4)17(16)19-11)18(24)23-7-13-6-21(3)14(8-23)10-25-9-13/h5,13-14H,6-10H2,1-4H3/t13-,14+/m1/s1. The molecule has 0 unspecified atom stereocenters. The van der Waals surface area contributed by atoms with E-state index in [1.807, 2.05) is 31.9 Å². The molecule has 2 aliphatic rings. The first-order chi connectivity index (χ1) is 11.9. The molecule has 1 amide bonds. The zero-order valence-corrected chi connectivity index (χ0v) is 15.3. The van der Waals surface area contributed by atoms with E-state index in [0.717, 1.165) is 47.7 Å². The first-order valence-electron chi connectivity index (χ1n) is 8.82. The van der Waals surface area contributed by atoms with E-state index in [1.54, 1.807) is 4.68 Å². The van der Waals surface area contributed by atoms with Crippen molar-refractivity contribution in [1.29, 1.82) is 0 Å². The molecule has 2 aromatic rings. The molecule has 0 radical (unpaired) electrons. The molecule has 4 heterocycles. The second-order valence-corrected chi connectivity index (χ2v) is 7.43. The minimum absolute atomic E-state index is 0.0822. The highest BCUT2D eigenvalue weighted by atomic mass is 16.5. The van der Waals surface area contributed by atoms with Crippen LogP contribution in [-0.4, -0.2) is 76.4 Å². The van der Waals surface area contributed by atoms with E-state index in [2.05, 4.69) is 22.0 Å². The smallest absolute Gasteiger partial charge is 0.254 e. The summed E-state index contributed by atoms with van der Waals surface area (Å²) >= 11 is 0. The molecule has 0 spiro atoms. The van der Waals surface area contributed by atoms with Gasteiger partial charge in [-0.2, -0.15) is 5.10 Å². The van der Waals surface area contributed by atoms with Gasteiger partial charge in [0, 0.05) is 38.3 Å². The Hall–Kier alpha value is -1.99. The number of rotatable bonds is 1. The lowest BCUT2D eigenvalue weighted by Gasteiger charge is -2.30. The summed E-state index contributed by atoms with van der Waals surface area (Å²) in [6.45, 7) is 7.70. The summed E-state index contributed by atoms with van der Waals surface area (Å²) in [5, 5.41) is 5.33. The number of likely N-dealkylation sites (N-methyl/N-ethyl adjacent to an activating group) is 1. The molecule has 2 bridgehead atoms. The van der Waals surface area contributed by atoms with Crippen molar-refractivity contribution in [3.8, 4) is 0 Å². The predicted octanol–water partition coefficient (Wildman–Crippen LogP) is 0.988. The topological polar surface area (TPSA) is 63.5 Å². The Morgan fingerprint density at radius 3 is 2.80 bits per heavy atom. The van der Waals surface area contributed by atoms with Crippen LogP contribution in [0, 0.1) is 19.8 Å². The Bertz CT molecular complexity index is 830. The first-order valence-corrected chi connectivity index (χ1v) is 8.82. The third kappa shape index (κ3) is 2.81. The van der Waals surface area contributed by atoms with Crippen LogP contribution in [-0.2, 0) is 11.8 Å². The maximum Gasteiger partial charge on any atom is 0.254 e. The summed E-state index contributed by atoms with van der Waals surface area (Å²) in [4.78, 5) is 22.3. The van der Waals surface area contributed by atoms with Crippen molar-refractivity contribution in [2.45, 2.75) is 19.9 Å². The third-order valence-electron chi connectivity index (χ3n) is 5.36. The van der Waals surface area contributed by atoms with Crippen LogP contribution < -0.4 is 0 Å². The van der Waals surface area contributed by atoms with Crippen LogP contribution in [0.1, 0.15) is 21.7 Å². The minimum Gasteiger partial charge on any atom is -0.379 e. The summed E-state index contributed by atoms with van der Waals surface area (Å²) < 4.78 is 7.53. The van der Waals surface area contributed by atoms with Gasteiger partial charge in [0.05, 0.1) is 35.9 Å². The number of hydrogen-bond acceptors (Lipinski definition) is 5. The Kier molecular flexibility index (Phi) is 4.00. The van der Waals surface area contributed by atoms with Crippen molar-refractivity contribution < 1.29 is 9.53 Å². The van der Waals surface area contributed by atoms with Gasteiger partial charge in [-0.1, -0.05) is 0 Å². The molecule has 2 aliphatic heterocycles. The largest absolute Gasteiger partial charge is 0.379 e. The van der Waals surface area contributed by atoms with E-state index in [9.17, 15) is 4.79 Å². The van der Waals surface area contributed by atoms with Gasteiger partial charge >= 0.3 is 0 Å². The second-order valence-electron chi connectivity index (χ2n) is 7.43. The molecular weight excluding hydrogens is 318 g/mol. The number of hydrogen-bond donors (Lipinski definition) is 0. The number of pyridine rings is 1. The van der Waals surface area contributed by atoms with Crippen molar-refractivity contribution in [1.82, 2.24) is 24.6 Å². The molecule has 2 fully saturated rings. The second kappa shape index (κ2) is 6.07. The summed E-state index contributed by atoms with van der Waals surface area (Å²) in [5.41, 5.74) is 3.19. The summed E-state index contributed by atoms with van der Waals surface area (Å²) in [6.07, 6.45) is 0. The molecule has 134 valence electrons. The average Bonchev–Trinajstić information content (AvgIpc) is 2.68. The van der Waals surface area contributed by atoms with Crippen LogP contribution in [0.25, 0.3) is 11.0 Å². The van der Waals surface area contributed by atoms with Gasteiger partial charge in [-0.25, -0.2) is 4.98 Å². The fourth-order valence-electron chi connectivity index (χ4n) is 4.12. The van der Waals surface area contributed by atoms with Crippen molar-refractivity contribution in [3.05, 3.63) is 23.0 Å². The number of amides is 1. The van der Waals surface area contributed by atoms with Gasteiger partial charge in [-0.3, -0.25) is 14.4 Å². The predicted molar refractivity (Wildman–Crippen MR) is 94.6 cm³/mol. The molecule has 2 atom stereocenters. The molecule has 4 rings (SSSR count). The fourth-order valence-corrected chi connectivity index (χ4v) is 4.12. The Labute approximate surface area is 147 Å². The zero-order valence-electron chi connectivity index (χ0n) is 15.3. The number of carbonyl (C=O) groups is 1. The maximum atomic E-state index is 13.4. The van der Waals surface area contributed by atoms with Crippen LogP contribution in [0.15, 0.2) is 6.07 Å². The van der Waals surface area contributed by atoms with Gasteiger partial charge in [0.1, 0.15) is 0 Å². The Balaban J connectivity index is 1.75. The molecule has 0 aliphatic carbocycles.